The lowest BCUT2D eigenvalue weighted by molar-refractivity contribution is -0.143. The van der Waals surface area contributed by atoms with Crippen LogP contribution in [0.1, 0.15) is 5.56 Å². The van der Waals surface area contributed by atoms with Crippen molar-refractivity contribution < 1.29 is 43.9 Å². The van der Waals surface area contributed by atoms with Crippen molar-refractivity contribution in [3.63, 3.8) is 0 Å². The fourth-order valence-electron chi connectivity index (χ4n) is 4.31. The third kappa shape index (κ3) is 5.50. The third-order valence-corrected chi connectivity index (χ3v) is 8.37. The number of alkyl halides is 3. The highest BCUT2D eigenvalue weighted by Crippen LogP contribution is 2.40. The van der Waals surface area contributed by atoms with Gasteiger partial charge in [0.05, 0.1) is 11.9 Å². The molecule has 0 unspecified atom stereocenters. The van der Waals surface area contributed by atoms with E-state index in [2.05, 4.69) is 15.1 Å². The van der Waals surface area contributed by atoms with E-state index in [9.17, 15) is 39.2 Å². The monoisotopic (exact) mass is 640 g/mol. The van der Waals surface area contributed by atoms with Crippen LogP contribution in [0, 0.1) is 23.3 Å². The van der Waals surface area contributed by atoms with Gasteiger partial charge in [-0.15, -0.1) is 0 Å². The van der Waals surface area contributed by atoms with Crippen molar-refractivity contribution in [3.05, 3.63) is 89.8 Å². The van der Waals surface area contributed by atoms with Crippen LogP contribution in [0.15, 0.2) is 65.8 Å². The van der Waals surface area contributed by atoms with Gasteiger partial charge >= 0.3 is 6.18 Å². The van der Waals surface area contributed by atoms with Crippen molar-refractivity contribution in [1.29, 1.82) is 0 Å². The maximum absolute atomic E-state index is 14.5. The van der Waals surface area contributed by atoms with Crippen LogP contribution in [0.3, 0.4) is 0 Å². The van der Waals surface area contributed by atoms with E-state index in [0.29, 0.717) is 17.1 Å². The van der Waals surface area contributed by atoms with Gasteiger partial charge in [0, 0.05) is 19.2 Å². The SMILES string of the molecule is CN(CCn1nc(-c2ccc(Oc3ccccc3)cc2)c2c(N)ncnc21)S(=O)(=O)c1c(F)c(F)c(F)c(F)c1C(F)(F)F. The molecule has 230 valence electrons. The summed E-state index contributed by atoms with van der Waals surface area (Å²) in [5.41, 5.74) is 4.17. The molecular formula is C27H19F7N6O3S. The average Bonchev–Trinajstić information content (AvgIpc) is 3.36. The molecule has 0 spiro atoms. The zero-order valence-corrected chi connectivity index (χ0v) is 23.1. The van der Waals surface area contributed by atoms with Gasteiger partial charge in [-0.1, -0.05) is 18.2 Å². The van der Waals surface area contributed by atoms with Crippen molar-refractivity contribution in [2.24, 2.45) is 0 Å². The lowest BCUT2D eigenvalue weighted by atomic mass is 10.1. The van der Waals surface area contributed by atoms with E-state index in [-0.39, 0.29) is 26.9 Å². The number of anilines is 1. The summed E-state index contributed by atoms with van der Waals surface area (Å²) in [6.07, 6.45) is -4.78. The molecule has 44 heavy (non-hydrogen) atoms. The smallest absolute Gasteiger partial charge is 0.420 e. The van der Waals surface area contributed by atoms with Gasteiger partial charge in [0.25, 0.3) is 0 Å². The zero-order chi connectivity index (χ0) is 32.0. The Bertz CT molecular complexity index is 1970. The van der Waals surface area contributed by atoms with Gasteiger partial charge in [0.2, 0.25) is 10.0 Å². The van der Waals surface area contributed by atoms with Crippen LogP contribution in [-0.4, -0.2) is 46.1 Å². The Balaban J connectivity index is 1.47. The van der Waals surface area contributed by atoms with E-state index < -0.39 is 63.0 Å². The van der Waals surface area contributed by atoms with Crippen LogP contribution in [0.25, 0.3) is 22.3 Å². The standard InChI is InChI=1S/C27H19F7N6O3S/c1-39(44(41,42)24-18(27(32,33)34)19(28)20(29)21(30)22(24)31)11-12-40-26-17(25(35)36-13-37-26)23(38-40)14-7-9-16(10-8-14)43-15-5-3-2-4-6-15/h2-10,13H,11-12H2,1H3,(H2,35,36,37). The summed E-state index contributed by atoms with van der Waals surface area (Å²) in [4.78, 5) is 5.68. The van der Waals surface area contributed by atoms with Crippen molar-refractivity contribution in [3.8, 4) is 22.8 Å². The van der Waals surface area contributed by atoms with Gasteiger partial charge in [-0.2, -0.15) is 22.6 Å². The Kier molecular flexibility index (Phi) is 7.94. The first-order chi connectivity index (χ1) is 20.7. The molecule has 0 bridgehead atoms. The molecule has 17 heteroatoms. The van der Waals surface area contributed by atoms with Crippen LogP contribution in [0.4, 0.5) is 36.6 Å². The first-order valence-electron chi connectivity index (χ1n) is 12.4. The summed E-state index contributed by atoms with van der Waals surface area (Å²) in [5.74, 6) is -10.0. The fraction of sp³-hybridized carbons (Fsp3) is 0.148. The number of nitrogen functional groups attached to an aromatic ring is 1. The zero-order valence-electron chi connectivity index (χ0n) is 22.3. The Hall–Kier alpha value is -4.77. The van der Waals surface area contributed by atoms with Gasteiger partial charge < -0.3 is 10.5 Å². The summed E-state index contributed by atoms with van der Waals surface area (Å²) < 4.78 is 130. The number of para-hydroxylation sites is 1. The Morgan fingerprint density at radius 1 is 0.886 bits per heavy atom. The second-order valence-corrected chi connectivity index (χ2v) is 11.2. The summed E-state index contributed by atoms with van der Waals surface area (Å²) in [6, 6.07) is 15.6. The van der Waals surface area contributed by atoms with Crippen LogP contribution < -0.4 is 10.5 Å². The second-order valence-electron chi connectivity index (χ2n) is 9.25. The predicted molar refractivity (Wildman–Crippen MR) is 143 cm³/mol. The molecule has 5 rings (SSSR count). The first kappa shape index (κ1) is 30.7. The maximum atomic E-state index is 14.5. The molecule has 0 fully saturated rings. The third-order valence-electron chi connectivity index (χ3n) is 6.47. The number of ether oxygens (including phenoxy) is 1. The van der Waals surface area contributed by atoms with Crippen LogP contribution in [0.5, 0.6) is 11.5 Å². The van der Waals surface area contributed by atoms with E-state index in [1.54, 1.807) is 48.5 Å². The summed E-state index contributed by atoms with van der Waals surface area (Å²) in [7, 11) is -4.83. The van der Waals surface area contributed by atoms with Crippen molar-refractivity contribution >= 4 is 26.9 Å². The number of benzene rings is 3. The van der Waals surface area contributed by atoms with E-state index in [4.69, 9.17) is 10.5 Å². The average molecular weight is 641 g/mol. The maximum Gasteiger partial charge on any atom is 0.420 e. The molecule has 0 saturated heterocycles. The van der Waals surface area contributed by atoms with Crippen LogP contribution in [0.2, 0.25) is 0 Å². The molecule has 5 aromatic rings. The lowest BCUT2D eigenvalue weighted by Gasteiger charge is -2.21. The fourth-order valence-corrected chi connectivity index (χ4v) is 5.73. The normalized spacial score (nSPS) is 12.3. The molecule has 0 radical (unpaired) electrons. The van der Waals surface area contributed by atoms with Gasteiger partial charge in [-0.25, -0.2) is 40.6 Å². The van der Waals surface area contributed by atoms with Crippen molar-refractivity contribution in [2.75, 3.05) is 19.3 Å². The van der Waals surface area contributed by atoms with E-state index in [1.807, 2.05) is 6.07 Å². The Morgan fingerprint density at radius 2 is 1.50 bits per heavy atom. The number of likely N-dealkylation sites (N-methyl/N-ethyl adjacent to an activating group) is 1. The minimum absolute atomic E-state index is 0.0102. The van der Waals surface area contributed by atoms with Gasteiger partial charge in [0.15, 0.2) is 28.9 Å². The first-order valence-corrected chi connectivity index (χ1v) is 13.9. The van der Waals surface area contributed by atoms with Crippen molar-refractivity contribution in [1.82, 2.24) is 24.1 Å². The van der Waals surface area contributed by atoms with Gasteiger partial charge in [0.1, 0.15) is 39.8 Å². The number of fused-ring (bicyclic) bond motifs is 1. The largest absolute Gasteiger partial charge is 0.457 e. The number of hydrogen-bond donors (Lipinski definition) is 1. The predicted octanol–water partition coefficient (Wildman–Crippen LogP) is 5.76. The number of nitrogens with two attached hydrogens (primary N) is 1. The minimum atomic E-state index is -5.88. The molecular weight excluding hydrogens is 621 g/mol. The molecule has 9 nitrogen and oxygen atoms in total. The number of aromatic nitrogens is 4. The number of hydrogen-bond acceptors (Lipinski definition) is 7. The van der Waals surface area contributed by atoms with Crippen molar-refractivity contribution in [2.45, 2.75) is 17.6 Å². The number of halogens is 7. The van der Waals surface area contributed by atoms with Crippen LogP contribution >= 0.6 is 0 Å². The van der Waals surface area contributed by atoms with Crippen LogP contribution in [-0.2, 0) is 22.7 Å². The highest BCUT2D eigenvalue weighted by molar-refractivity contribution is 7.89. The summed E-state index contributed by atoms with van der Waals surface area (Å²) in [6.45, 7) is -1.09. The van der Waals surface area contributed by atoms with Gasteiger partial charge in [-0.05, 0) is 36.4 Å². The van der Waals surface area contributed by atoms with Gasteiger partial charge in [-0.3, -0.25) is 0 Å². The summed E-state index contributed by atoms with van der Waals surface area (Å²) in [5, 5.41) is 4.69. The molecule has 0 saturated carbocycles. The lowest BCUT2D eigenvalue weighted by Crippen LogP contribution is -2.33. The molecule has 2 heterocycles. The molecule has 0 aliphatic carbocycles. The highest BCUT2D eigenvalue weighted by atomic mass is 32.2. The molecule has 2 N–H and O–H groups in total. The topological polar surface area (TPSA) is 116 Å². The number of rotatable bonds is 8. The minimum Gasteiger partial charge on any atom is -0.457 e. The molecule has 3 aromatic carbocycles. The quantitative estimate of drug-likeness (QED) is 0.130. The highest BCUT2D eigenvalue weighted by Gasteiger charge is 2.46. The Morgan fingerprint density at radius 3 is 2.14 bits per heavy atom. The van der Waals surface area contributed by atoms with E-state index in [0.717, 1.165) is 13.4 Å². The molecule has 0 atom stereocenters. The molecule has 0 amide bonds. The Labute approximate surface area is 244 Å². The molecule has 0 aliphatic rings. The second kappa shape index (κ2) is 11.4. The summed E-state index contributed by atoms with van der Waals surface area (Å²) >= 11 is 0. The molecule has 0 aliphatic heterocycles. The molecule has 2 aromatic heterocycles. The van der Waals surface area contributed by atoms with E-state index in [1.165, 1.54) is 4.68 Å². The number of sulfonamides is 1. The number of nitrogens with zero attached hydrogens (tertiary/aromatic N) is 5. The van der Waals surface area contributed by atoms with E-state index >= 15 is 0 Å².